The molecule has 1 aliphatic heterocycles. The summed E-state index contributed by atoms with van der Waals surface area (Å²) in [6.07, 6.45) is -0.0781. The Morgan fingerprint density at radius 2 is 1.78 bits per heavy atom. The van der Waals surface area contributed by atoms with Gasteiger partial charge in [0.15, 0.2) is 23.5 Å². The summed E-state index contributed by atoms with van der Waals surface area (Å²) in [6.45, 7) is 21.6. The van der Waals surface area contributed by atoms with E-state index in [1.54, 1.807) is 0 Å². The molecule has 0 bridgehead atoms. The van der Waals surface area contributed by atoms with E-state index in [4.69, 9.17) is 18.4 Å². The minimum atomic E-state index is -2.37. The fourth-order valence-corrected chi connectivity index (χ4v) is 7.29. The van der Waals surface area contributed by atoms with E-state index in [2.05, 4.69) is 73.2 Å². The predicted octanol–water partition coefficient (Wildman–Crippen LogP) is 4.87. The summed E-state index contributed by atoms with van der Waals surface area (Å²) in [4.78, 5) is 18.6. The monoisotopic (exact) mass is 549 g/mol. The fourth-order valence-electron chi connectivity index (χ4n) is 4.82. The lowest BCUT2D eigenvalue weighted by molar-refractivity contribution is -0.175. The van der Waals surface area contributed by atoms with Crippen LogP contribution in [0.25, 0.3) is 0 Å². The first-order valence-corrected chi connectivity index (χ1v) is 19.0. The van der Waals surface area contributed by atoms with Crippen LogP contribution in [0.1, 0.15) is 53.5 Å². The molecule has 1 saturated heterocycles. The van der Waals surface area contributed by atoms with Crippen LogP contribution in [0.3, 0.4) is 0 Å². The summed E-state index contributed by atoms with van der Waals surface area (Å²) in [5, 5.41) is 12.4. The summed E-state index contributed by atoms with van der Waals surface area (Å²) in [6, 6.07) is 9.40. The number of benzene rings is 1. The Kier molecular flexibility index (Phi) is 9.01. The van der Waals surface area contributed by atoms with E-state index in [0.29, 0.717) is 6.61 Å². The molecule has 1 aromatic carbocycles. The molecule has 1 aliphatic carbocycles. The molecule has 2 N–H and O–H groups in total. The minimum Gasteiger partial charge on any atom is -0.455 e. The largest absolute Gasteiger partial charge is 0.455 e. The van der Waals surface area contributed by atoms with Crippen LogP contribution >= 0.6 is 0 Å². The van der Waals surface area contributed by atoms with Crippen LogP contribution in [0, 0.1) is 5.41 Å². The maximum absolute atomic E-state index is 12.8. The predicted molar refractivity (Wildman–Crippen MR) is 151 cm³/mol. The molecule has 1 heterocycles. The SMILES string of the molecule is C[SiH](C)OC(C(C)(C)C)C1(O)C=C2C(NOCc3ccccc3)CC(=O)OC2C1O[Si](C)(C)C(C)(C)C. The molecule has 1 fully saturated rings. The fraction of sp³-hybridized carbons (Fsp3) is 0.679. The molecule has 0 radical (unpaired) electrons. The molecule has 0 aromatic heterocycles. The van der Waals surface area contributed by atoms with Gasteiger partial charge in [0, 0.05) is 0 Å². The number of nitrogens with one attached hydrogen (secondary N) is 1. The third kappa shape index (κ3) is 6.82. The molecule has 0 amide bonds. The van der Waals surface area contributed by atoms with Gasteiger partial charge >= 0.3 is 5.97 Å². The van der Waals surface area contributed by atoms with Crippen LogP contribution in [-0.4, -0.2) is 58.4 Å². The van der Waals surface area contributed by atoms with Gasteiger partial charge in [-0.25, -0.2) is 0 Å². The second-order valence-electron chi connectivity index (χ2n) is 13.3. The molecular formula is C28H47NO6Si2. The molecule has 1 aromatic rings. The van der Waals surface area contributed by atoms with Gasteiger partial charge in [-0.3, -0.25) is 9.63 Å². The molecule has 5 unspecified atom stereocenters. The average Bonchev–Trinajstić information content (AvgIpc) is 3.03. The molecule has 0 saturated carbocycles. The van der Waals surface area contributed by atoms with Crippen molar-refractivity contribution in [2.75, 3.05) is 0 Å². The van der Waals surface area contributed by atoms with E-state index in [1.807, 2.05) is 36.4 Å². The minimum absolute atomic E-state index is 0.101. The van der Waals surface area contributed by atoms with E-state index in [9.17, 15) is 9.90 Å². The highest BCUT2D eigenvalue weighted by molar-refractivity contribution is 6.74. The standard InChI is InChI=1S/C28H47NO6Si2/c1-26(2,3)25(34-36(7)8)28(31)17-20-21(29-32-18-19-14-12-11-13-15-19)16-22(30)33-23(20)24(28)35-37(9,10)27(4,5)6/h11-15,17,21,23-25,29,31,36H,16,18H2,1-10H3. The van der Waals surface area contributed by atoms with E-state index in [1.165, 1.54) is 0 Å². The Bertz CT molecular complexity index is 969. The van der Waals surface area contributed by atoms with Crippen LogP contribution < -0.4 is 5.48 Å². The zero-order valence-electron chi connectivity index (χ0n) is 24.3. The third-order valence-electron chi connectivity index (χ3n) is 7.64. The topological polar surface area (TPSA) is 86.2 Å². The first-order valence-electron chi connectivity index (χ1n) is 13.3. The van der Waals surface area contributed by atoms with E-state index >= 15 is 0 Å². The summed E-state index contributed by atoms with van der Waals surface area (Å²) in [5.74, 6) is -0.345. The van der Waals surface area contributed by atoms with Crippen molar-refractivity contribution in [2.24, 2.45) is 5.41 Å². The van der Waals surface area contributed by atoms with Gasteiger partial charge in [-0.2, -0.15) is 5.48 Å². The van der Waals surface area contributed by atoms with Crippen LogP contribution in [0.5, 0.6) is 0 Å². The van der Waals surface area contributed by atoms with Crippen molar-refractivity contribution in [3.63, 3.8) is 0 Å². The van der Waals surface area contributed by atoms with Crippen molar-refractivity contribution >= 4 is 23.3 Å². The second kappa shape index (κ2) is 11.0. The zero-order chi connectivity index (χ0) is 27.8. The Hall–Kier alpha value is -1.34. The average molecular weight is 550 g/mol. The Labute approximate surface area is 225 Å². The van der Waals surface area contributed by atoms with Crippen molar-refractivity contribution < 1.29 is 28.3 Å². The number of carbonyl (C=O) groups excluding carboxylic acids is 1. The van der Waals surface area contributed by atoms with Crippen molar-refractivity contribution in [1.29, 1.82) is 0 Å². The van der Waals surface area contributed by atoms with Gasteiger partial charge in [-0.15, -0.1) is 0 Å². The number of rotatable bonds is 9. The molecule has 37 heavy (non-hydrogen) atoms. The highest BCUT2D eigenvalue weighted by Gasteiger charge is 2.61. The van der Waals surface area contributed by atoms with Crippen molar-refractivity contribution in [1.82, 2.24) is 5.48 Å². The van der Waals surface area contributed by atoms with Crippen LogP contribution in [0.15, 0.2) is 42.0 Å². The number of aliphatic hydroxyl groups is 1. The number of hydrogen-bond donors (Lipinski definition) is 2. The third-order valence-corrected chi connectivity index (χ3v) is 12.9. The molecule has 7 nitrogen and oxygen atoms in total. The van der Waals surface area contributed by atoms with Gasteiger partial charge in [0.1, 0.15) is 11.7 Å². The second-order valence-corrected chi connectivity index (χ2v) is 20.4. The van der Waals surface area contributed by atoms with Crippen molar-refractivity contribution in [2.45, 2.75) is 116 Å². The van der Waals surface area contributed by atoms with Gasteiger partial charge in [-0.05, 0) is 53.9 Å². The number of ether oxygens (including phenoxy) is 1. The van der Waals surface area contributed by atoms with Crippen LogP contribution in [-0.2, 0) is 29.8 Å². The highest BCUT2D eigenvalue weighted by atomic mass is 28.4. The number of esters is 1. The zero-order valence-corrected chi connectivity index (χ0v) is 26.4. The Morgan fingerprint density at radius 1 is 1.16 bits per heavy atom. The molecular weight excluding hydrogens is 502 g/mol. The van der Waals surface area contributed by atoms with Gasteiger partial charge in [0.05, 0.1) is 25.2 Å². The first kappa shape index (κ1) is 30.2. The maximum Gasteiger partial charge on any atom is 0.308 e. The normalized spacial score (nSPS) is 27.6. The lowest BCUT2D eigenvalue weighted by atomic mass is 9.77. The van der Waals surface area contributed by atoms with Gasteiger partial charge in [0.25, 0.3) is 0 Å². The first-order chi connectivity index (χ1) is 17.0. The Balaban J connectivity index is 2.00. The highest BCUT2D eigenvalue weighted by Crippen LogP contribution is 2.48. The number of carbonyl (C=O) groups is 1. The number of hydrogen-bond acceptors (Lipinski definition) is 7. The summed E-state index contributed by atoms with van der Waals surface area (Å²) in [7, 11) is -3.92. The van der Waals surface area contributed by atoms with E-state index in [-0.39, 0.29) is 22.8 Å². The number of hydroxylamine groups is 1. The lowest BCUT2D eigenvalue weighted by Gasteiger charge is -2.49. The maximum atomic E-state index is 12.8. The van der Waals surface area contributed by atoms with Crippen LogP contribution in [0.4, 0.5) is 0 Å². The molecule has 208 valence electrons. The van der Waals surface area contributed by atoms with Gasteiger partial charge in [0.2, 0.25) is 0 Å². The number of fused-ring (bicyclic) bond motifs is 1. The quantitative estimate of drug-likeness (QED) is 0.197. The van der Waals surface area contributed by atoms with Crippen molar-refractivity contribution in [3.8, 4) is 0 Å². The van der Waals surface area contributed by atoms with Gasteiger partial charge < -0.3 is 18.7 Å². The smallest absolute Gasteiger partial charge is 0.308 e. The summed E-state index contributed by atoms with van der Waals surface area (Å²) >= 11 is 0. The summed E-state index contributed by atoms with van der Waals surface area (Å²) < 4.78 is 19.4. The molecule has 5 atom stereocenters. The molecule has 3 rings (SSSR count). The Morgan fingerprint density at radius 3 is 2.32 bits per heavy atom. The van der Waals surface area contributed by atoms with E-state index < -0.39 is 47.3 Å². The van der Waals surface area contributed by atoms with Crippen LogP contribution in [0.2, 0.25) is 31.2 Å². The van der Waals surface area contributed by atoms with E-state index in [0.717, 1.165) is 11.1 Å². The molecule has 0 spiro atoms. The molecule has 9 heteroatoms. The summed E-state index contributed by atoms with van der Waals surface area (Å²) in [5.41, 5.74) is 3.02. The van der Waals surface area contributed by atoms with Crippen molar-refractivity contribution in [3.05, 3.63) is 47.5 Å². The lowest BCUT2D eigenvalue weighted by Crippen LogP contribution is -2.63. The molecule has 2 aliphatic rings. The van der Waals surface area contributed by atoms with Gasteiger partial charge in [-0.1, -0.05) is 71.9 Å².